The lowest BCUT2D eigenvalue weighted by Gasteiger charge is -2.38. The Bertz CT molecular complexity index is 563. The molecule has 0 amide bonds. The van der Waals surface area contributed by atoms with Crippen molar-refractivity contribution in [3.63, 3.8) is 0 Å². The van der Waals surface area contributed by atoms with E-state index >= 15 is 0 Å². The molecular formula is C16H17ClO5. The zero-order valence-corrected chi connectivity index (χ0v) is 13.2. The second kappa shape index (κ2) is 6.50. The molecule has 5 nitrogen and oxygen atoms in total. The zero-order valence-electron chi connectivity index (χ0n) is 12.4. The van der Waals surface area contributed by atoms with Gasteiger partial charge in [-0.15, -0.1) is 0 Å². The standard InChI is InChI=1S/C16H17ClO5/c1-10-9-22-13(11-4-6-12(17)7-5-11)8-16(10,14(18)20-2)15(19)21-3/h4-7,13H,1,8-9H2,2-3H3/t13-/m1/s1. The number of methoxy groups -OCH3 is 2. The molecule has 1 saturated heterocycles. The third kappa shape index (κ3) is 2.74. The van der Waals surface area contributed by atoms with Crippen LogP contribution in [0.2, 0.25) is 5.02 Å². The number of halogens is 1. The Morgan fingerprint density at radius 1 is 1.23 bits per heavy atom. The first-order valence-electron chi connectivity index (χ1n) is 6.68. The number of hydrogen-bond donors (Lipinski definition) is 0. The quantitative estimate of drug-likeness (QED) is 0.486. The highest BCUT2D eigenvalue weighted by Gasteiger charge is 2.54. The van der Waals surface area contributed by atoms with Crippen LogP contribution < -0.4 is 0 Å². The summed E-state index contributed by atoms with van der Waals surface area (Å²) in [5.74, 6) is -1.38. The Morgan fingerprint density at radius 2 is 1.77 bits per heavy atom. The second-order valence-electron chi connectivity index (χ2n) is 5.05. The van der Waals surface area contributed by atoms with Gasteiger partial charge in [-0.2, -0.15) is 0 Å². The maximum absolute atomic E-state index is 12.3. The van der Waals surface area contributed by atoms with Crippen LogP contribution in [0.1, 0.15) is 18.1 Å². The Labute approximate surface area is 133 Å². The summed E-state index contributed by atoms with van der Waals surface area (Å²) < 4.78 is 15.3. The second-order valence-corrected chi connectivity index (χ2v) is 5.48. The molecule has 1 fully saturated rings. The molecule has 0 bridgehead atoms. The Hall–Kier alpha value is -1.85. The largest absolute Gasteiger partial charge is 0.468 e. The van der Waals surface area contributed by atoms with Gasteiger partial charge in [-0.3, -0.25) is 9.59 Å². The number of carbonyl (C=O) groups excluding carboxylic acids is 2. The van der Waals surface area contributed by atoms with Crippen molar-refractivity contribution in [3.8, 4) is 0 Å². The van der Waals surface area contributed by atoms with Crippen LogP contribution in [-0.4, -0.2) is 32.8 Å². The highest BCUT2D eigenvalue weighted by Crippen LogP contribution is 2.44. The molecule has 0 unspecified atom stereocenters. The van der Waals surface area contributed by atoms with Crippen molar-refractivity contribution in [1.29, 1.82) is 0 Å². The topological polar surface area (TPSA) is 61.8 Å². The first-order valence-corrected chi connectivity index (χ1v) is 7.05. The number of benzene rings is 1. The monoisotopic (exact) mass is 324 g/mol. The van der Waals surface area contributed by atoms with Gasteiger partial charge in [0.1, 0.15) is 0 Å². The molecule has 1 aliphatic heterocycles. The van der Waals surface area contributed by atoms with Crippen LogP contribution in [0, 0.1) is 5.41 Å². The van der Waals surface area contributed by atoms with Crippen molar-refractivity contribution < 1.29 is 23.8 Å². The van der Waals surface area contributed by atoms with E-state index in [1.54, 1.807) is 24.3 Å². The van der Waals surface area contributed by atoms with Gasteiger partial charge in [0.2, 0.25) is 0 Å². The minimum absolute atomic E-state index is 0.0670. The van der Waals surface area contributed by atoms with Crippen molar-refractivity contribution in [2.24, 2.45) is 5.41 Å². The van der Waals surface area contributed by atoms with Crippen LogP contribution in [-0.2, 0) is 23.8 Å². The highest BCUT2D eigenvalue weighted by atomic mass is 35.5. The molecule has 118 valence electrons. The van der Waals surface area contributed by atoms with Crippen molar-refractivity contribution >= 4 is 23.5 Å². The molecule has 1 aromatic rings. The molecule has 22 heavy (non-hydrogen) atoms. The van der Waals surface area contributed by atoms with Crippen LogP contribution >= 0.6 is 11.6 Å². The fraction of sp³-hybridized carbons (Fsp3) is 0.375. The molecule has 0 aliphatic carbocycles. The van der Waals surface area contributed by atoms with Gasteiger partial charge in [-0.25, -0.2) is 0 Å². The third-order valence-electron chi connectivity index (χ3n) is 3.86. The Kier molecular flexibility index (Phi) is 4.88. The van der Waals surface area contributed by atoms with Crippen LogP contribution in [0.15, 0.2) is 36.4 Å². The van der Waals surface area contributed by atoms with Gasteiger partial charge in [-0.05, 0) is 23.3 Å². The van der Waals surface area contributed by atoms with Gasteiger partial charge >= 0.3 is 11.9 Å². The summed E-state index contributed by atoms with van der Waals surface area (Å²) >= 11 is 5.87. The van der Waals surface area contributed by atoms with E-state index in [0.717, 1.165) is 5.56 Å². The Morgan fingerprint density at radius 3 is 2.27 bits per heavy atom. The van der Waals surface area contributed by atoms with Crippen LogP contribution in [0.3, 0.4) is 0 Å². The van der Waals surface area contributed by atoms with Crippen LogP contribution in [0.5, 0.6) is 0 Å². The number of hydrogen-bond acceptors (Lipinski definition) is 5. The lowest BCUT2D eigenvalue weighted by molar-refractivity contribution is -0.172. The third-order valence-corrected chi connectivity index (χ3v) is 4.12. The summed E-state index contributed by atoms with van der Waals surface area (Å²) in [5.41, 5.74) is -0.406. The number of rotatable bonds is 3. The summed E-state index contributed by atoms with van der Waals surface area (Å²) in [6.07, 6.45) is -0.381. The molecular weight excluding hydrogens is 308 g/mol. The first-order chi connectivity index (χ1) is 10.5. The molecule has 2 rings (SSSR count). The Balaban J connectivity index is 2.40. The minimum atomic E-state index is -1.55. The summed E-state index contributed by atoms with van der Waals surface area (Å²) in [4.78, 5) is 24.5. The summed E-state index contributed by atoms with van der Waals surface area (Å²) in [7, 11) is 2.46. The van der Waals surface area contributed by atoms with Crippen LogP contribution in [0.4, 0.5) is 0 Å². The van der Waals surface area contributed by atoms with E-state index in [1.807, 2.05) is 0 Å². The lowest BCUT2D eigenvalue weighted by atomic mass is 9.73. The molecule has 0 spiro atoms. The molecule has 0 radical (unpaired) electrons. The highest BCUT2D eigenvalue weighted by molar-refractivity contribution is 6.30. The van der Waals surface area contributed by atoms with E-state index in [2.05, 4.69) is 6.58 Å². The van der Waals surface area contributed by atoms with Gasteiger partial charge in [0.15, 0.2) is 5.41 Å². The van der Waals surface area contributed by atoms with Crippen molar-refractivity contribution in [2.75, 3.05) is 20.8 Å². The van der Waals surface area contributed by atoms with Crippen molar-refractivity contribution in [3.05, 3.63) is 47.0 Å². The van der Waals surface area contributed by atoms with E-state index in [4.69, 9.17) is 25.8 Å². The smallest absolute Gasteiger partial charge is 0.327 e. The van der Waals surface area contributed by atoms with E-state index in [9.17, 15) is 9.59 Å². The fourth-order valence-electron chi connectivity index (χ4n) is 2.58. The van der Waals surface area contributed by atoms with Gasteiger partial charge in [-0.1, -0.05) is 30.3 Å². The predicted octanol–water partition coefficient (Wildman–Crippen LogP) is 2.69. The molecule has 0 saturated carbocycles. The van der Waals surface area contributed by atoms with Crippen molar-refractivity contribution in [2.45, 2.75) is 12.5 Å². The molecule has 0 N–H and O–H groups in total. The summed E-state index contributed by atoms with van der Waals surface area (Å²) in [6.45, 7) is 3.87. The van der Waals surface area contributed by atoms with Gasteiger partial charge in [0.25, 0.3) is 0 Å². The van der Waals surface area contributed by atoms with Crippen molar-refractivity contribution in [1.82, 2.24) is 0 Å². The van der Waals surface area contributed by atoms with Gasteiger partial charge < -0.3 is 14.2 Å². The molecule has 1 aromatic carbocycles. The lowest BCUT2D eigenvalue weighted by Crippen LogP contribution is -2.47. The summed E-state index contributed by atoms with van der Waals surface area (Å²) in [5, 5.41) is 0.594. The van der Waals surface area contributed by atoms with E-state index in [1.165, 1.54) is 14.2 Å². The van der Waals surface area contributed by atoms with Gasteiger partial charge in [0.05, 0.1) is 26.9 Å². The maximum Gasteiger partial charge on any atom is 0.327 e. The SMILES string of the molecule is C=C1CO[C@@H](c2ccc(Cl)cc2)CC1(C(=O)OC)C(=O)OC. The average molecular weight is 325 g/mol. The predicted molar refractivity (Wildman–Crippen MR) is 80.4 cm³/mol. The molecule has 1 heterocycles. The number of carbonyl (C=O) groups is 2. The van der Waals surface area contributed by atoms with E-state index in [-0.39, 0.29) is 13.0 Å². The normalized spacial score (nSPS) is 20.3. The summed E-state index contributed by atoms with van der Waals surface area (Å²) in [6, 6.07) is 7.03. The van der Waals surface area contributed by atoms with E-state index < -0.39 is 23.5 Å². The first kappa shape index (κ1) is 16.5. The minimum Gasteiger partial charge on any atom is -0.468 e. The van der Waals surface area contributed by atoms with E-state index in [0.29, 0.717) is 10.6 Å². The van der Waals surface area contributed by atoms with Gasteiger partial charge in [0, 0.05) is 11.4 Å². The average Bonchev–Trinajstić information content (AvgIpc) is 2.54. The number of esters is 2. The molecule has 1 atom stereocenters. The fourth-order valence-corrected chi connectivity index (χ4v) is 2.71. The zero-order chi connectivity index (χ0) is 16.3. The van der Waals surface area contributed by atoms with Crippen LogP contribution in [0.25, 0.3) is 0 Å². The number of ether oxygens (including phenoxy) is 3. The molecule has 0 aromatic heterocycles. The molecule has 6 heteroatoms. The maximum atomic E-state index is 12.3. The molecule has 1 aliphatic rings.